The van der Waals surface area contributed by atoms with E-state index in [1.807, 2.05) is 41.8 Å². The predicted molar refractivity (Wildman–Crippen MR) is 110 cm³/mol. The SMILES string of the molecule is Cc1nn(Cc2ccccc2)c(C)c1C1COCCN1C(=O)Nc1cnn(C)c1. The number of carbonyl (C=O) groups excluding carboxylic acids is 1. The highest BCUT2D eigenvalue weighted by molar-refractivity contribution is 5.89. The molecule has 1 atom stereocenters. The zero-order valence-electron chi connectivity index (χ0n) is 17.0. The molecule has 1 aromatic carbocycles. The number of amides is 2. The van der Waals surface area contributed by atoms with E-state index >= 15 is 0 Å². The number of carbonyl (C=O) groups is 1. The Bertz CT molecular complexity index is 994. The summed E-state index contributed by atoms with van der Waals surface area (Å²) in [5.41, 5.74) is 4.91. The van der Waals surface area contributed by atoms with Crippen molar-refractivity contribution in [2.75, 3.05) is 25.1 Å². The van der Waals surface area contributed by atoms with Crippen molar-refractivity contribution in [3.63, 3.8) is 0 Å². The third-order valence-corrected chi connectivity index (χ3v) is 5.29. The summed E-state index contributed by atoms with van der Waals surface area (Å²) >= 11 is 0. The summed E-state index contributed by atoms with van der Waals surface area (Å²) < 4.78 is 9.40. The van der Waals surface area contributed by atoms with Crippen LogP contribution in [0.2, 0.25) is 0 Å². The Labute approximate surface area is 170 Å². The van der Waals surface area contributed by atoms with Crippen LogP contribution in [-0.4, -0.2) is 50.3 Å². The number of urea groups is 1. The van der Waals surface area contributed by atoms with Gasteiger partial charge in [-0.25, -0.2) is 4.79 Å². The van der Waals surface area contributed by atoms with Gasteiger partial charge in [-0.05, 0) is 19.4 Å². The molecule has 0 bridgehead atoms. The van der Waals surface area contributed by atoms with E-state index in [1.54, 1.807) is 17.1 Å². The van der Waals surface area contributed by atoms with Crippen molar-refractivity contribution in [1.82, 2.24) is 24.5 Å². The Morgan fingerprint density at radius 1 is 1.28 bits per heavy atom. The number of ether oxygens (including phenoxy) is 1. The van der Waals surface area contributed by atoms with Gasteiger partial charge in [0.25, 0.3) is 0 Å². The lowest BCUT2D eigenvalue weighted by atomic mass is 10.0. The molecule has 2 amide bonds. The Morgan fingerprint density at radius 3 is 2.79 bits per heavy atom. The van der Waals surface area contributed by atoms with E-state index in [0.29, 0.717) is 32.0 Å². The molecular weight excluding hydrogens is 368 g/mol. The number of morpholine rings is 1. The first-order valence-electron chi connectivity index (χ1n) is 9.75. The van der Waals surface area contributed by atoms with Gasteiger partial charge in [-0.3, -0.25) is 9.36 Å². The van der Waals surface area contributed by atoms with Crippen molar-refractivity contribution >= 4 is 11.7 Å². The lowest BCUT2D eigenvalue weighted by Gasteiger charge is -2.35. The minimum Gasteiger partial charge on any atom is -0.377 e. The second kappa shape index (κ2) is 8.08. The van der Waals surface area contributed by atoms with Crippen LogP contribution in [0.25, 0.3) is 0 Å². The molecule has 1 saturated heterocycles. The van der Waals surface area contributed by atoms with Gasteiger partial charge in [0.1, 0.15) is 0 Å². The van der Waals surface area contributed by atoms with Gasteiger partial charge >= 0.3 is 6.03 Å². The number of hydrogen-bond donors (Lipinski definition) is 1. The number of benzene rings is 1. The van der Waals surface area contributed by atoms with Gasteiger partial charge in [-0.1, -0.05) is 30.3 Å². The molecule has 0 spiro atoms. The first-order valence-corrected chi connectivity index (χ1v) is 9.75. The molecule has 8 nitrogen and oxygen atoms in total. The van der Waals surface area contributed by atoms with Crippen LogP contribution in [0, 0.1) is 13.8 Å². The third-order valence-electron chi connectivity index (χ3n) is 5.29. The number of nitrogens with zero attached hydrogens (tertiary/aromatic N) is 5. The number of aromatic nitrogens is 4. The Hall–Kier alpha value is -3.13. The van der Waals surface area contributed by atoms with Gasteiger partial charge in [0.2, 0.25) is 0 Å². The molecule has 0 aliphatic carbocycles. The van der Waals surface area contributed by atoms with E-state index in [4.69, 9.17) is 9.84 Å². The zero-order chi connectivity index (χ0) is 20.4. The molecule has 3 aromatic rings. The summed E-state index contributed by atoms with van der Waals surface area (Å²) in [7, 11) is 1.82. The fraction of sp³-hybridized carbons (Fsp3) is 0.381. The maximum atomic E-state index is 13.0. The molecule has 1 N–H and O–H groups in total. The van der Waals surface area contributed by atoms with Crippen LogP contribution in [0.4, 0.5) is 10.5 Å². The van der Waals surface area contributed by atoms with Crippen LogP contribution in [0.5, 0.6) is 0 Å². The van der Waals surface area contributed by atoms with Crippen LogP contribution in [-0.2, 0) is 18.3 Å². The Morgan fingerprint density at radius 2 is 2.07 bits per heavy atom. The van der Waals surface area contributed by atoms with E-state index in [9.17, 15) is 4.79 Å². The molecule has 0 radical (unpaired) electrons. The summed E-state index contributed by atoms with van der Waals surface area (Å²) in [5.74, 6) is 0. The first-order chi connectivity index (χ1) is 14.0. The van der Waals surface area contributed by atoms with Gasteiger partial charge < -0.3 is 15.0 Å². The fourth-order valence-corrected chi connectivity index (χ4v) is 3.87. The van der Waals surface area contributed by atoms with E-state index in [2.05, 4.69) is 29.5 Å². The average molecular weight is 394 g/mol. The van der Waals surface area contributed by atoms with Crippen molar-refractivity contribution in [1.29, 1.82) is 0 Å². The quantitative estimate of drug-likeness (QED) is 0.738. The minimum atomic E-state index is -0.176. The summed E-state index contributed by atoms with van der Waals surface area (Å²) in [6.07, 6.45) is 3.42. The fourth-order valence-electron chi connectivity index (χ4n) is 3.87. The number of hydrogen-bond acceptors (Lipinski definition) is 4. The van der Waals surface area contributed by atoms with Crippen LogP contribution in [0.15, 0.2) is 42.7 Å². The average Bonchev–Trinajstić information content (AvgIpc) is 3.24. The van der Waals surface area contributed by atoms with E-state index in [0.717, 1.165) is 17.0 Å². The van der Waals surface area contributed by atoms with Crippen LogP contribution in [0.3, 0.4) is 0 Å². The number of rotatable bonds is 4. The van der Waals surface area contributed by atoms with Crippen LogP contribution < -0.4 is 5.32 Å². The number of aryl methyl sites for hydroxylation is 2. The molecule has 0 saturated carbocycles. The monoisotopic (exact) mass is 394 g/mol. The van der Waals surface area contributed by atoms with Crippen molar-refractivity contribution in [2.24, 2.45) is 7.05 Å². The maximum Gasteiger partial charge on any atom is 0.322 e. The molecule has 3 heterocycles. The highest BCUT2D eigenvalue weighted by Crippen LogP contribution is 2.30. The second-order valence-corrected chi connectivity index (χ2v) is 7.34. The smallest absolute Gasteiger partial charge is 0.322 e. The molecule has 1 unspecified atom stereocenters. The van der Waals surface area contributed by atoms with Gasteiger partial charge in [0.15, 0.2) is 0 Å². The van der Waals surface area contributed by atoms with E-state index in [-0.39, 0.29) is 12.1 Å². The molecule has 2 aromatic heterocycles. The Kier molecular flexibility index (Phi) is 5.35. The molecule has 1 aliphatic heterocycles. The standard InChI is InChI=1S/C21H26N6O2/c1-15-20(16(2)27(24-15)12-17-7-5-4-6-8-17)19-14-29-10-9-26(19)21(28)23-18-11-22-25(3)13-18/h4-8,11,13,19H,9-10,12,14H2,1-3H3,(H,23,28). The topological polar surface area (TPSA) is 77.2 Å². The third kappa shape index (κ3) is 4.02. The molecular formula is C21H26N6O2. The summed E-state index contributed by atoms with van der Waals surface area (Å²) in [4.78, 5) is 14.8. The van der Waals surface area contributed by atoms with E-state index in [1.165, 1.54) is 5.56 Å². The maximum absolute atomic E-state index is 13.0. The molecule has 1 fully saturated rings. The molecule has 1 aliphatic rings. The van der Waals surface area contributed by atoms with Crippen molar-refractivity contribution in [3.8, 4) is 0 Å². The molecule has 152 valence electrons. The second-order valence-electron chi connectivity index (χ2n) is 7.34. The van der Waals surface area contributed by atoms with Crippen LogP contribution >= 0.6 is 0 Å². The normalized spacial score (nSPS) is 16.8. The largest absolute Gasteiger partial charge is 0.377 e. The molecule has 8 heteroatoms. The number of anilines is 1. The van der Waals surface area contributed by atoms with Crippen molar-refractivity contribution in [2.45, 2.75) is 26.4 Å². The zero-order valence-corrected chi connectivity index (χ0v) is 17.0. The lowest BCUT2D eigenvalue weighted by Crippen LogP contribution is -2.45. The summed E-state index contributed by atoms with van der Waals surface area (Å²) in [6.45, 7) is 6.26. The van der Waals surface area contributed by atoms with Gasteiger partial charge in [0.05, 0.1) is 43.4 Å². The predicted octanol–water partition coefficient (Wildman–Crippen LogP) is 2.89. The van der Waals surface area contributed by atoms with Gasteiger partial charge in [-0.15, -0.1) is 0 Å². The lowest BCUT2D eigenvalue weighted by molar-refractivity contribution is 0.0143. The van der Waals surface area contributed by atoms with Crippen LogP contribution in [0.1, 0.15) is 28.6 Å². The van der Waals surface area contributed by atoms with Crippen molar-refractivity contribution in [3.05, 3.63) is 65.2 Å². The summed E-state index contributed by atoms with van der Waals surface area (Å²) in [6, 6.07) is 9.92. The highest BCUT2D eigenvalue weighted by atomic mass is 16.5. The number of nitrogens with one attached hydrogen (secondary N) is 1. The van der Waals surface area contributed by atoms with Gasteiger partial charge in [0, 0.05) is 31.0 Å². The molecule has 29 heavy (non-hydrogen) atoms. The van der Waals surface area contributed by atoms with Gasteiger partial charge in [-0.2, -0.15) is 10.2 Å². The van der Waals surface area contributed by atoms with E-state index < -0.39 is 0 Å². The molecule has 4 rings (SSSR count). The minimum absolute atomic E-state index is 0.152. The summed E-state index contributed by atoms with van der Waals surface area (Å²) in [5, 5.41) is 11.8. The first kappa shape index (κ1) is 19.2. The Balaban J connectivity index is 1.58. The van der Waals surface area contributed by atoms with Crippen molar-refractivity contribution < 1.29 is 9.53 Å². The highest BCUT2D eigenvalue weighted by Gasteiger charge is 2.33.